The molecule has 28 heavy (non-hydrogen) atoms. The monoisotopic (exact) mass is 386 g/mol. The van der Waals surface area contributed by atoms with Gasteiger partial charge in [-0.2, -0.15) is 0 Å². The van der Waals surface area contributed by atoms with Gasteiger partial charge in [0.25, 0.3) is 5.91 Å². The van der Waals surface area contributed by atoms with Crippen LogP contribution < -0.4 is 0 Å². The summed E-state index contributed by atoms with van der Waals surface area (Å²) in [7, 11) is 0. The van der Waals surface area contributed by atoms with Gasteiger partial charge in [-0.1, -0.05) is 32.0 Å². The Balaban J connectivity index is 1.82. The lowest BCUT2D eigenvalue weighted by Gasteiger charge is -2.35. The molecule has 0 aliphatic carbocycles. The molecule has 0 radical (unpaired) electrons. The maximum absolute atomic E-state index is 13.5. The highest BCUT2D eigenvalue weighted by molar-refractivity contribution is 6.01. The van der Waals surface area contributed by atoms with E-state index in [4.69, 9.17) is 4.74 Å². The first-order chi connectivity index (χ1) is 13.1. The van der Waals surface area contributed by atoms with Crippen LogP contribution in [0.2, 0.25) is 0 Å². The van der Waals surface area contributed by atoms with Crippen LogP contribution in [0.15, 0.2) is 24.3 Å². The molecule has 1 aromatic carbocycles. The predicted octanol–water partition coefficient (Wildman–Crippen LogP) is 3.00. The van der Waals surface area contributed by atoms with Gasteiger partial charge in [0.05, 0.1) is 0 Å². The number of rotatable bonds is 4. The molecule has 1 unspecified atom stereocenters. The van der Waals surface area contributed by atoms with E-state index in [2.05, 4.69) is 0 Å². The van der Waals surface area contributed by atoms with E-state index in [1.807, 2.05) is 52.8 Å². The third-order valence-electron chi connectivity index (χ3n) is 5.28. The Morgan fingerprint density at radius 2 is 1.86 bits per heavy atom. The average molecular weight is 386 g/mol. The minimum Gasteiger partial charge on any atom is -0.458 e. The Hall–Kier alpha value is -2.37. The number of nitrogens with zero attached hydrogens (tertiary/aromatic N) is 2. The van der Waals surface area contributed by atoms with Gasteiger partial charge in [0, 0.05) is 18.7 Å². The van der Waals surface area contributed by atoms with E-state index in [-0.39, 0.29) is 23.7 Å². The second-order valence-electron chi connectivity index (χ2n) is 9.00. The third kappa shape index (κ3) is 3.91. The van der Waals surface area contributed by atoms with Crippen molar-refractivity contribution in [3.8, 4) is 0 Å². The van der Waals surface area contributed by atoms with Crippen molar-refractivity contribution in [2.24, 2.45) is 5.92 Å². The molecule has 2 atom stereocenters. The van der Waals surface area contributed by atoms with Crippen molar-refractivity contribution >= 4 is 17.8 Å². The van der Waals surface area contributed by atoms with Crippen LogP contribution in [0.5, 0.6) is 0 Å². The van der Waals surface area contributed by atoms with Gasteiger partial charge >= 0.3 is 5.97 Å². The van der Waals surface area contributed by atoms with E-state index in [9.17, 15) is 14.4 Å². The molecule has 152 valence electrons. The van der Waals surface area contributed by atoms with Gasteiger partial charge in [-0.05, 0) is 51.2 Å². The van der Waals surface area contributed by atoms with Crippen LogP contribution in [-0.2, 0) is 20.9 Å². The summed E-state index contributed by atoms with van der Waals surface area (Å²) in [5.74, 6) is -0.706. The Labute approximate surface area is 166 Å². The molecule has 0 bridgehead atoms. The molecule has 0 spiro atoms. The van der Waals surface area contributed by atoms with E-state index >= 15 is 0 Å². The van der Waals surface area contributed by atoms with Crippen molar-refractivity contribution in [1.29, 1.82) is 0 Å². The topological polar surface area (TPSA) is 66.9 Å². The van der Waals surface area contributed by atoms with Crippen LogP contribution in [0, 0.1) is 5.92 Å². The number of fused-ring (bicyclic) bond motifs is 1. The lowest BCUT2D eigenvalue weighted by molar-refractivity contribution is -0.164. The Morgan fingerprint density at radius 3 is 2.46 bits per heavy atom. The Morgan fingerprint density at radius 1 is 1.18 bits per heavy atom. The van der Waals surface area contributed by atoms with Crippen molar-refractivity contribution in [2.75, 3.05) is 6.54 Å². The molecule has 3 rings (SSSR count). The molecule has 0 saturated carbocycles. The van der Waals surface area contributed by atoms with Crippen molar-refractivity contribution < 1.29 is 19.1 Å². The zero-order valence-corrected chi connectivity index (χ0v) is 17.4. The number of hydrogen-bond acceptors (Lipinski definition) is 4. The highest BCUT2D eigenvalue weighted by Gasteiger charge is 2.44. The van der Waals surface area contributed by atoms with Gasteiger partial charge in [0.2, 0.25) is 5.91 Å². The van der Waals surface area contributed by atoms with Gasteiger partial charge in [0.1, 0.15) is 17.7 Å². The van der Waals surface area contributed by atoms with E-state index in [0.717, 1.165) is 12.0 Å². The van der Waals surface area contributed by atoms with E-state index in [0.29, 0.717) is 25.1 Å². The molecular weight excluding hydrogens is 356 g/mol. The van der Waals surface area contributed by atoms with Gasteiger partial charge < -0.3 is 14.5 Å². The molecule has 2 aliphatic heterocycles. The highest BCUT2D eigenvalue weighted by atomic mass is 16.6. The first-order valence-electron chi connectivity index (χ1n) is 10.0. The lowest BCUT2D eigenvalue weighted by Crippen LogP contribution is -2.54. The number of ether oxygens (including phenoxy) is 1. The summed E-state index contributed by atoms with van der Waals surface area (Å²) in [4.78, 5) is 42.3. The summed E-state index contributed by atoms with van der Waals surface area (Å²) < 4.78 is 5.53. The lowest BCUT2D eigenvalue weighted by atomic mass is 10.0. The molecule has 0 aromatic heterocycles. The predicted molar refractivity (Wildman–Crippen MR) is 106 cm³/mol. The fourth-order valence-corrected chi connectivity index (χ4v) is 4.10. The minimum absolute atomic E-state index is 0.0642. The molecule has 2 aliphatic rings. The van der Waals surface area contributed by atoms with Gasteiger partial charge in [-0.3, -0.25) is 9.59 Å². The second kappa shape index (κ2) is 7.57. The number of amides is 2. The molecule has 1 fully saturated rings. The highest BCUT2D eigenvalue weighted by Crippen LogP contribution is 2.30. The molecule has 1 aromatic rings. The Kier molecular flexibility index (Phi) is 5.50. The average Bonchev–Trinajstić information content (AvgIpc) is 3.19. The summed E-state index contributed by atoms with van der Waals surface area (Å²) >= 11 is 0. The van der Waals surface area contributed by atoms with Crippen molar-refractivity contribution in [3.05, 3.63) is 35.4 Å². The fraction of sp³-hybridized carbons (Fsp3) is 0.591. The largest absolute Gasteiger partial charge is 0.458 e. The van der Waals surface area contributed by atoms with E-state index in [1.54, 1.807) is 15.9 Å². The summed E-state index contributed by atoms with van der Waals surface area (Å²) in [5.41, 5.74) is 1.00. The van der Waals surface area contributed by atoms with Crippen LogP contribution in [0.3, 0.4) is 0 Å². The third-order valence-corrected chi connectivity index (χ3v) is 5.28. The number of benzene rings is 1. The van der Waals surface area contributed by atoms with Crippen LogP contribution in [-0.4, -0.2) is 51.8 Å². The van der Waals surface area contributed by atoms with Crippen molar-refractivity contribution in [2.45, 2.75) is 71.7 Å². The minimum atomic E-state index is -0.599. The maximum Gasteiger partial charge on any atom is 0.329 e. The van der Waals surface area contributed by atoms with Gasteiger partial charge in [-0.25, -0.2) is 4.79 Å². The number of esters is 1. The van der Waals surface area contributed by atoms with Crippen LogP contribution in [0.25, 0.3) is 0 Å². The van der Waals surface area contributed by atoms with Crippen molar-refractivity contribution in [1.82, 2.24) is 9.80 Å². The summed E-state index contributed by atoms with van der Waals surface area (Å²) in [6.07, 6.45) is 1.36. The summed E-state index contributed by atoms with van der Waals surface area (Å²) in [6.45, 7) is 10.3. The normalized spacial score (nSPS) is 20.5. The fourth-order valence-electron chi connectivity index (χ4n) is 4.10. The van der Waals surface area contributed by atoms with E-state index < -0.39 is 17.7 Å². The SMILES string of the molecule is CC(C)C(C(=O)N1CCC[C@H]1C(=O)OC(C)(C)C)N1Cc2ccccc2C1=O. The van der Waals surface area contributed by atoms with Crippen LogP contribution in [0.1, 0.15) is 63.4 Å². The number of carbonyl (C=O) groups excluding carboxylic acids is 3. The molecule has 6 heteroatoms. The molecule has 6 nitrogen and oxygen atoms in total. The van der Waals surface area contributed by atoms with E-state index in [1.165, 1.54) is 0 Å². The zero-order chi connectivity index (χ0) is 20.6. The smallest absolute Gasteiger partial charge is 0.329 e. The zero-order valence-electron chi connectivity index (χ0n) is 17.4. The molecule has 2 heterocycles. The summed E-state index contributed by atoms with van der Waals surface area (Å²) in [6, 6.07) is 6.30. The number of carbonyl (C=O) groups is 3. The first kappa shape index (κ1) is 20.4. The van der Waals surface area contributed by atoms with Crippen LogP contribution in [0.4, 0.5) is 0 Å². The quantitative estimate of drug-likeness (QED) is 0.746. The second-order valence-corrected chi connectivity index (χ2v) is 9.00. The molecule has 1 saturated heterocycles. The maximum atomic E-state index is 13.5. The number of hydrogen-bond donors (Lipinski definition) is 0. The van der Waals surface area contributed by atoms with Crippen molar-refractivity contribution in [3.63, 3.8) is 0 Å². The molecular formula is C22H30N2O4. The molecule has 2 amide bonds. The van der Waals surface area contributed by atoms with Gasteiger partial charge in [0.15, 0.2) is 0 Å². The van der Waals surface area contributed by atoms with Gasteiger partial charge in [-0.15, -0.1) is 0 Å². The summed E-state index contributed by atoms with van der Waals surface area (Å²) in [5, 5.41) is 0. The molecule has 0 N–H and O–H groups in total. The Bertz CT molecular complexity index is 781. The number of likely N-dealkylation sites (tertiary alicyclic amines) is 1. The standard InChI is InChI=1S/C22H30N2O4/c1-14(2)18(24-13-15-9-6-7-10-16(15)19(24)25)20(26)23-12-8-11-17(23)21(27)28-22(3,4)5/h6-7,9-10,14,17-18H,8,11-13H2,1-5H3/t17-,18?/m0/s1. The first-order valence-corrected chi connectivity index (χ1v) is 10.0. The van der Waals surface area contributed by atoms with Crippen LogP contribution >= 0.6 is 0 Å².